The van der Waals surface area contributed by atoms with E-state index in [1.165, 1.54) is 19.4 Å². The quantitative estimate of drug-likeness (QED) is 0.909. The van der Waals surface area contributed by atoms with Gasteiger partial charge in [-0.2, -0.15) is 0 Å². The maximum atomic E-state index is 6.20. The Morgan fingerprint density at radius 2 is 2.28 bits per heavy atom. The fraction of sp³-hybridized carbons (Fsp3) is 0.571. The van der Waals surface area contributed by atoms with Crippen molar-refractivity contribution >= 4 is 17.3 Å². The Morgan fingerprint density at radius 1 is 1.50 bits per heavy atom. The molecule has 1 aromatic rings. The van der Waals surface area contributed by atoms with Crippen LogP contribution in [0.4, 0.5) is 5.69 Å². The molecule has 1 atom stereocenters. The van der Waals surface area contributed by atoms with E-state index < -0.39 is 0 Å². The van der Waals surface area contributed by atoms with Gasteiger partial charge in [0.05, 0.1) is 0 Å². The number of rotatable bonds is 4. The standard InChI is InChI=1S/C14H22ClN3/c1-17-8-4-5-11(17)10-18(2)14-7-3-6-13(15)12(14)9-16/h3,6-7,11H,4-5,8-10,16H2,1-2H3. The van der Waals surface area contributed by atoms with Crippen LogP contribution in [0.15, 0.2) is 18.2 Å². The van der Waals surface area contributed by atoms with E-state index in [2.05, 4.69) is 30.0 Å². The van der Waals surface area contributed by atoms with Crippen LogP contribution in [-0.2, 0) is 6.54 Å². The van der Waals surface area contributed by atoms with Gasteiger partial charge in [-0.1, -0.05) is 17.7 Å². The molecule has 1 heterocycles. The van der Waals surface area contributed by atoms with E-state index in [0.717, 1.165) is 22.8 Å². The van der Waals surface area contributed by atoms with Gasteiger partial charge in [0.25, 0.3) is 0 Å². The lowest BCUT2D eigenvalue weighted by Crippen LogP contribution is -2.37. The normalized spacial score (nSPS) is 20.3. The zero-order chi connectivity index (χ0) is 13.1. The average Bonchev–Trinajstić information content (AvgIpc) is 2.74. The van der Waals surface area contributed by atoms with Crippen LogP contribution >= 0.6 is 11.6 Å². The van der Waals surface area contributed by atoms with E-state index >= 15 is 0 Å². The summed E-state index contributed by atoms with van der Waals surface area (Å²) in [4.78, 5) is 4.71. The Balaban J connectivity index is 2.13. The summed E-state index contributed by atoms with van der Waals surface area (Å²) in [7, 11) is 4.32. The first-order valence-corrected chi connectivity index (χ1v) is 6.90. The van der Waals surface area contributed by atoms with Crippen LogP contribution in [0.1, 0.15) is 18.4 Å². The highest BCUT2D eigenvalue weighted by molar-refractivity contribution is 6.31. The lowest BCUT2D eigenvalue weighted by atomic mass is 10.1. The number of nitrogens with two attached hydrogens (primary N) is 1. The highest BCUT2D eigenvalue weighted by Crippen LogP contribution is 2.27. The molecule has 0 aromatic heterocycles. The largest absolute Gasteiger partial charge is 0.373 e. The number of nitrogens with zero attached hydrogens (tertiary/aromatic N) is 2. The summed E-state index contributed by atoms with van der Waals surface area (Å²) in [6.07, 6.45) is 2.58. The smallest absolute Gasteiger partial charge is 0.0471 e. The Labute approximate surface area is 115 Å². The third-order valence-corrected chi connectivity index (χ3v) is 4.22. The molecule has 0 radical (unpaired) electrons. The van der Waals surface area contributed by atoms with Crippen molar-refractivity contribution in [2.45, 2.75) is 25.4 Å². The molecule has 1 aromatic carbocycles. The van der Waals surface area contributed by atoms with Crippen molar-refractivity contribution in [1.29, 1.82) is 0 Å². The van der Waals surface area contributed by atoms with Gasteiger partial charge in [-0.15, -0.1) is 0 Å². The van der Waals surface area contributed by atoms with E-state index in [9.17, 15) is 0 Å². The van der Waals surface area contributed by atoms with Crippen LogP contribution in [0.3, 0.4) is 0 Å². The molecular weight excluding hydrogens is 246 g/mol. The highest BCUT2D eigenvalue weighted by atomic mass is 35.5. The second kappa shape index (κ2) is 5.91. The van der Waals surface area contributed by atoms with Crippen molar-refractivity contribution in [1.82, 2.24) is 4.90 Å². The van der Waals surface area contributed by atoms with Crippen LogP contribution < -0.4 is 10.6 Å². The summed E-state index contributed by atoms with van der Waals surface area (Å²) < 4.78 is 0. The predicted molar refractivity (Wildman–Crippen MR) is 78.3 cm³/mol. The fourth-order valence-electron chi connectivity index (χ4n) is 2.73. The van der Waals surface area contributed by atoms with Gasteiger partial charge >= 0.3 is 0 Å². The minimum absolute atomic E-state index is 0.486. The third-order valence-electron chi connectivity index (χ3n) is 3.87. The van der Waals surface area contributed by atoms with Crippen LogP contribution in [-0.4, -0.2) is 38.1 Å². The first-order chi connectivity index (χ1) is 8.63. The maximum absolute atomic E-state index is 6.20. The molecule has 1 unspecified atom stereocenters. The van der Waals surface area contributed by atoms with Gasteiger partial charge in [-0.3, -0.25) is 0 Å². The lowest BCUT2D eigenvalue weighted by molar-refractivity contribution is 0.314. The summed E-state index contributed by atoms with van der Waals surface area (Å²) >= 11 is 6.20. The maximum Gasteiger partial charge on any atom is 0.0471 e. The van der Waals surface area contributed by atoms with Gasteiger partial charge in [-0.05, 0) is 38.6 Å². The number of anilines is 1. The predicted octanol–water partition coefficient (Wildman–Crippen LogP) is 2.33. The van der Waals surface area contributed by atoms with Crippen LogP contribution in [0, 0.1) is 0 Å². The molecule has 18 heavy (non-hydrogen) atoms. The molecule has 2 rings (SSSR count). The molecule has 1 fully saturated rings. The molecule has 0 aliphatic carbocycles. The van der Waals surface area contributed by atoms with E-state index in [4.69, 9.17) is 17.3 Å². The Morgan fingerprint density at radius 3 is 2.89 bits per heavy atom. The van der Waals surface area contributed by atoms with Gasteiger partial charge in [0.15, 0.2) is 0 Å². The van der Waals surface area contributed by atoms with Gasteiger partial charge in [0.1, 0.15) is 0 Å². The third kappa shape index (κ3) is 2.79. The number of likely N-dealkylation sites (tertiary alicyclic amines) is 1. The topological polar surface area (TPSA) is 32.5 Å². The van der Waals surface area contributed by atoms with Crippen molar-refractivity contribution < 1.29 is 0 Å². The molecule has 1 aliphatic rings. The van der Waals surface area contributed by atoms with E-state index in [-0.39, 0.29) is 0 Å². The molecule has 0 saturated carbocycles. The first kappa shape index (κ1) is 13.7. The molecule has 0 amide bonds. The van der Waals surface area contributed by atoms with Crippen molar-refractivity contribution in [3.8, 4) is 0 Å². The van der Waals surface area contributed by atoms with Crippen LogP contribution in [0.2, 0.25) is 5.02 Å². The molecule has 100 valence electrons. The lowest BCUT2D eigenvalue weighted by Gasteiger charge is -2.29. The summed E-state index contributed by atoms with van der Waals surface area (Å²) in [6, 6.07) is 6.64. The number of likely N-dealkylation sites (N-methyl/N-ethyl adjacent to an activating group) is 2. The van der Waals surface area contributed by atoms with Crippen LogP contribution in [0.25, 0.3) is 0 Å². The second-order valence-electron chi connectivity index (χ2n) is 5.10. The number of hydrogen-bond donors (Lipinski definition) is 1. The number of benzene rings is 1. The molecule has 0 bridgehead atoms. The monoisotopic (exact) mass is 267 g/mol. The van der Waals surface area contributed by atoms with Gasteiger partial charge < -0.3 is 15.5 Å². The molecule has 1 aliphatic heterocycles. The highest BCUT2D eigenvalue weighted by Gasteiger charge is 2.23. The van der Waals surface area contributed by atoms with E-state index in [1.807, 2.05) is 12.1 Å². The molecule has 2 N–H and O–H groups in total. The molecule has 1 saturated heterocycles. The fourth-order valence-corrected chi connectivity index (χ4v) is 2.98. The molecule has 4 heteroatoms. The van der Waals surface area contributed by atoms with Crippen molar-refractivity contribution in [3.05, 3.63) is 28.8 Å². The minimum Gasteiger partial charge on any atom is -0.373 e. The second-order valence-corrected chi connectivity index (χ2v) is 5.51. The molecule has 0 spiro atoms. The molecule has 3 nitrogen and oxygen atoms in total. The minimum atomic E-state index is 0.486. The van der Waals surface area contributed by atoms with Crippen LogP contribution in [0.5, 0.6) is 0 Å². The Kier molecular flexibility index (Phi) is 4.49. The summed E-state index contributed by atoms with van der Waals surface area (Å²) in [5.74, 6) is 0. The molecular formula is C14H22ClN3. The number of halogens is 1. The zero-order valence-electron chi connectivity index (χ0n) is 11.2. The Bertz CT molecular complexity index is 408. The van der Waals surface area contributed by atoms with E-state index in [1.54, 1.807) is 0 Å². The van der Waals surface area contributed by atoms with Gasteiger partial charge in [0.2, 0.25) is 0 Å². The van der Waals surface area contributed by atoms with Gasteiger partial charge in [-0.25, -0.2) is 0 Å². The Hall–Kier alpha value is -0.770. The van der Waals surface area contributed by atoms with E-state index in [0.29, 0.717) is 12.6 Å². The van der Waals surface area contributed by atoms with Crippen molar-refractivity contribution in [3.63, 3.8) is 0 Å². The summed E-state index contributed by atoms with van der Waals surface area (Å²) in [5, 5.41) is 0.765. The summed E-state index contributed by atoms with van der Waals surface area (Å²) in [6.45, 7) is 2.72. The SMILES string of the molecule is CN(CC1CCCN1C)c1cccc(Cl)c1CN. The average molecular weight is 268 g/mol. The zero-order valence-corrected chi connectivity index (χ0v) is 12.0. The summed E-state index contributed by atoms with van der Waals surface area (Å²) in [5.41, 5.74) is 8.00. The van der Waals surface area contributed by atoms with Crippen molar-refractivity contribution in [2.24, 2.45) is 5.73 Å². The first-order valence-electron chi connectivity index (χ1n) is 6.52. The number of hydrogen-bond acceptors (Lipinski definition) is 3. The van der Waals surface area contributed by atoms with Crippen molar-refractivity contribution in [2.75, 3.05) is 32.1 Å². The van der Waals surface area contributed by atoms with Gasteiger partial charge in [0, 0.05) is 42.5 Å².